The first-order valence-corrected chi connectivity index (χ1v) is 5.75. The van der Waals surface area contributed by atoms with E-state index >= 15 is 0 Å². The number of aryl methyl sites for hydroxylation is 1. The average molecular weight is 228 g/mol. The minimum absolute atomic E-state index is 0.0971. The Hall–Kier alpha value is -0.830. The average Bonchev–Trinajstić information content (AvgIpc) is 2.66. The van der Waals surface area contributed by atoms with Crippen LogP contribution in [0.15, 0.2) is 19.0 Å². The Morgan fingerprint density at radius 2 is 2.40 bits per heavy atom. The fourth-order valence-corrected chi connectivity index (χ4v) is 1.56. The minimum atomic E-state index is -0.0971. The highest BCUT2D eigenvalue weighted by molar-refractivity contribution is 6.18. The van der Waals surface area contributed by atoms with Gasteiger partial charge in [0, 0.05) is 24.3 Å². The highest BCUT2D eigenvalue weighted by atomic mass is 35.5. The van der Waals surface area contributed by atoms with Crippen molar-refractivity contribution in [3.05, 3.63) is 24.8 Å². The summed E-state index contributed by atoms with van der Waals surface area (Å²) in [6, 6.07) is 0. The largest absolute Gasteiger partial charge is 0.250 e. The summed E-state index contributed by atoms with van der Waals surface area (Å²) in [6.07, 6.45) is 5.34. The van der Waals surface area contributed by atoms with Gasteiger partial charge in [0.2, 0.25) is 0 Å². The normalized spacial score (nSPS) is 14.9. The molecule has 15 heavy (non-hydrogen) atoms. The van der Waals surface area contributed by atoms with E-state index in [1.165, 1.54) is 0 Å². The molecule has 0 amide bonds. The molecule has 1 aromatic rings. The molecule has 1 rings (SSSR count). The maximum absolute atomic E-state index is 5.93. The van der Waals surface area contributed by atoms with Gasteiger partial charge in [-0.2, -0.15) is 5.10 Å². The molecule has 1 heterocycles. The zero-order valence-electron chi connectivity index (χ0n) is 9.41. The van der Waals surface area contributed by atoms with E-state index in [-0.39, 0.29) is 5.41 Å². The summed E-state index contributed by atoms with van der Waals surface area (Å²) in [6.45, 7) is 8.93. The lowest BCUT2D eigenvalue weighted by Gasteiger charge is -2.21. The molecule has 0 bridgehead atoms. The first kappa shape index (κ1) is 12.2. The molecule has 3 nitrogen and oxygen atoms in total. The Bertz CT molecular complexity index is 321. The second-order valence-electron chi connectivity index (χ2n) is 4.07. The van der Waals surface area contributed by atoms with Crippen molar-refractivity contribution >= 4 is 11.6 Å². The fraction of sp³-hybridized carbons (Fsp3) is 0.636. The van der Waals surface area contributed by atoms with Crippen molar-refractivity contribution < 1.29 is 0 Å². The first-order valence-electron chi connectivity index (χ1n) is 5.21. The van der Waals surface area contributed by atoms with E-state index < -0.39 is 0 Å². The SMILES string of the molecule is C=CC(C)(CCl)Cc1ncnn1CCC. The number of alkyl halides is 1. The van der Waals surface area contributed by atoms with Crippen LogP contribution in [0.1, 0.15) is 26.1 Å². The van der Waals surface area contributed by atoms with Crippen LogP contribution in [0.4, 0.5) is 0 Å². The topological polar surface area (TPSA) is 30.7 Å². The number of allylic oxidation sites excluding steroid dienone is 1. The lowest BCUT2D eigenvalue weighted by atomic mass is 9.89. The number of hydrogen-bond acceptors (Lipinski definition) is 2. The van der Waals surface area contributed by atoms with Crippen LogP contribution in [0, 0.1) is 5.41 Å². The summed E-state index contributed by atoms with van der Waals surface area (Å²) in [5.41, 5.74) is -0.0971. The predicted molar refractivity (Wildman–Crippen MR) is 63.0 cm³/mol. The molecular weight excluding hydrogens is 210 g/mol. The summed E-state index contributed by atoms with van der Waals surface area (Å²) in [7, 11) is 0. The Morgan fingerprint density at radius 1 is 1.67 bits per heavy atom. The van der Waals surface area contributed by atoms with Crippen molar-refractivity contribution in [3.63, 3.8) is 0 Å². The van der Waals surface area contributed by atoms with Crippen molar-refractivity contribution in [2.24, 2.45) is 5.41 Å². The summed E-state index contributed by atoms with van der Waals surface area (Å²) in [4.78, 5) is 4.26. The van der Waals surface area contributed by atoms with E-state index in [1.54, 1.807) is 6.33 Å². The van der Waals surface area contributed by atoms with Gasteiger partial charge in [-0.25, -0.2) is 4.98 Å². The molecular formula is C11H18ClN3. The van der Waals surface area contributed by atoms with Crippen LogP contribution in [-0.4, -0.2) is 20.6 Å². The maximum atomic E-state index is 5.93. The molecule has 1 unspecified atom stereocenters. The summed E-state index contributed by atoms with van der Waals surface area (Å²) in [5, 5.41) is 4.19. The molecule has 1 atom stereocenters. The van der Waals surface area contributed by atoms with Crippen molar-refractivity contribution in [1.29, 1.82) is 0 Å². The van der Waals surface area contributed by atoms with Gasteiger partial charge in [-0.1, -0.05) is 19.9 Å². The number of rotatable bonds is 6. The molecule has 0 aromatic carbocycles. The molecule has 4 heteroatoms. The van der Waals surface area contributed by atoms with Gasteiger partial charge in [0.25, 0.3) is 0 Å². The van der Waals surface area contributed by atoms with E-state index in [9.17, 15) is 0 Å². The van der Waals surface area contributed by atoms with Crippen LogP contribution in [0.5, 0.6) is 0 Å². The smallest absolute Gasteiger partial charge is 0.138 e. The number of nitrogens with zero attached hydrogens (tertiary/aromatic N) is 3. The molecule has 0 saturated carbocycles. The Labute approximate surface area is 96.2 Å². The summed E-state index contributed by atoms with van der Waals surface area (Å²) < 4.78 is 1.94. The number of halogens is 1. The standard InChI is InChI=1S/C11H18ClN3/c1-4-6-15-10(13-9-14-15)7-11(3,5-2)8-12/h5,9H,2,4,6-8H2,1,3H3. The third kappa shape index (κ3) is 3.06. The monoisotopic (exact) mass is 227 g/mol. The van der Waals surface area contributed by atoms with Crippen molar-refractivity contribution in [1.82, 2.24) is 14.8 Å². The van der Waals surface area contributed by atoms with E-state index in [1.807, 2.05) is 10.8 Å². The molecule has 0 fully saturated rings. The van der Waals surface area contributed by atoms with E-state index in [4.69, 9.17) is 11.6 Å². The lowest BCUT2D eigenvalue weighted by Crippen LogP contribution is -2.21. The Balaban J connectivity index is 2.78. The van der Waals surface area contributed by atoms with Gasteiger partial charge in [-0.3, -0.25) is 4.68 Å². The zero-order chi connectivity index (χ0) is 11.3. The van der Waals surface area contributed by atoms with Crippen molar-refractivity contribution in [2.75, 3.05) is 5.88 Å². The van der Waals surface area contributed by atoms with Gasteiger partial charge in [-0.05, 0) is 6.42 Å². The molecule has 0 aliphatic rings. The van der Waals surface area contributed by atoms with Gasteiger partial charge in [0.1, 0.15) is 12.2 Å². The third-order valence-corrected chi connectivity index (χ3v) is 3.10. The molecule has 0 spiro atoms. The second-order valence-corrected chi connectivity index (χ2v) is 4.34. The van der Waals surface area contributed by atoms with Crippen LogP contribution in [0.25, 0.3) is 0 Å². The van der Waals surface area contributed by atoms with Crippen LogP contribution < -0.4 is 0 Å². The van der Waals surface area contributed by atoms with E-state index in [2.05, 4.69) is 30.5 Å². The van der Waals surface area contributed by atoms with E-state index in [0.29, 0.717) is 5.88 Å². The summed E-state index contributed by atoms with van der Waals surface area (Å²) in [5.74, 6) is 1.54. The minimum Gasteiger partial charge on any atom is -0.250 e. The van der Waals surface area contributed by atoms with Gasteiger partial charge >= 0.3 is 0 Å². The zero-order valence-corrected chi connectivity index (χ0v) is 10.2. The van der Waals surface area contributed by atoms with Gasteiger partial charge in [0.15, 0.2) is 0 Å². The lowest BCUT2D eigenvalue weighted by molar-refractivity contribution is 0.445. The Morgan fingerprint density at radius 3 is 2.93 bits per heavy atom. The first-order chi connectivity index (χ1) is 7.15. The van der Waals surface area contributed by atoms with Gasteiger partial charge in [0.05, 0.1) is 0 Å². The molecule has 0 aliphatic carbocycles. The van der Waals surface area contributed by atoms with Crippen LogP contribution in [-0.2, 0) is 13.0 Å². The van der Waals surface area contributed by atoms with Crippen molar-refractivity contribution in [2.45, 2.75) is 33.2 Å². The number of aromatic nitrogens is 3. The Kier molecular flexibility index (Phi) is 4.33. The van der Waals surface area contributed by atoms with Crippen LogP contribution in [0.3, 0.4) is 0 Å². The maximum Gasteiger partial charge on any atom is 0.138 e. The molecule has 0 saturated heterocycles. The molecule has 1 aromatic heterocycles. The van der Waals surface area contributed by atoms with E-state index in [0.717, 1.165) is 25.2 Å². The van der Waals surface area contributed by atoms with Gasteiger partial charge < -0.3 is 0 Å². The van der Waals surface area contributed by atoms with Crippen LogP contribution >= 0.6 is 11.6 Å². The van der Waals surface area contributed by atoms with Gasteiger partial charge in [-0.15, -0.1) is 18.2 Å². The molecule has 0 N–H and O–H groups in total. The summed E-state index contributed by atoms with van der Waals surface area (Å²) >= 11 is 5.93. The number of hydrogen-bond donors (Lipinski definition) is 0. The highest BCUT2D eigenvalue weighted by Gasteiger charge is 2.22. The molecule has 0 aliphatic heterocycles. The van der Waals surface area contributed by atoms with Crippen molar-refractivity contribution in [3.8, 4) is 0 Å². The third-order valence-electron chi connectivity index (χ3n) is 2.49. The van der Waals surface area contributed by atoms with Crippen LogP contribution in [0.2, 0.25) is 0 Å². The quantitative estimate of drug-likeness (QED) is 0.553. The second kappa shape index (κ2) is 5.31. The fourth-order valence-electron chi connectivity index (χ4n) is 1.36. The molecule has 84 valence electrons. The predicted octanol–water partition coefficient (Wildman–Crippen LogP) is 2.66. The molecule has 0 radical (unpaired) electrons. The highest BCUT2D eigenvalue weighted by Crippen LogP contribution is 2.24.